The minimum atomic E-state index is -0.786. The average Bonchev–Trinajstić information content (AvgIpc) is 3.90. The predicted octanol–water partition coefficient (Wildman–Crippen LogP) is 12.0. The number of fused-ring (bicyclic) bond motifs is 2. The van der Waals surface area contributed by atoms with Crippen LogP contribution in [0.1, 0.15) is 218 Å². The molecule has 2 aromatic carbocycles. The van der Waals surface area contributed by atoms with Crippen LogP contribution in [0.3, 0.4) is 0 Å². The molecule has 8 atom stereocenters. The lowest BCUT2D eigenvalue weighted by Crippen LogP contribution is -2.51. The van der Waals surface area contributed by atoms with E-state index in [0.717, 1.165) is 59.4 Å². The van der Waals surface area contributed by atoms with Crippen LogP contribution >= 0.6 is 0 Å². The zero-order valence-electron chi connectivity index (χ0n) is 41.6. The van der Waals surface area contributed by atoms with Crippen LogP contribution in [0.2, 0.25) is 0 Å². The third kappa shape index (κ3) is 9.37. The number of benzene rings is 2. The molecule has 66 heavy (non-hydrogen) atoms. The summed E-state index contributed by atoms with van der Waals surface area (Å²) in [5.41, 5.74) is 4.69. The fourth-order valence-corrected chi connectivity index (χ4v) is 13.5. The number of rotatable bonds is 8. The Morgan fingerprint density at radius 1 is 0.591 bits per heavy atom. The van der Waals surface area contributed by atoms with Crippen LogP contribution in [-0.2, 0) is 9.59 Å². The number of imidazole rings is 2. The summed E-state index contributed by atoms with van der Waals surface area (Å²) in [6.45, 7) is 16.8. The van der Waals surface area contributed by atoms with Gasteiger partial charge < -0.3 is 30.8 Å². The fraction of sp³-hybridized carbons (Fsp3) is 0.714. The predicted molar refractivity (Wildman–Crippen MR) is 264 cm³/mol. The normalized spacial score (nSPS) is 33.2. The van der Waals surface area contributed by atoms with E-state index in [1.807, 2.05) is 13.8 Å². The highest BCUT2D eigenvalue weighted by Gasteiger charge is 2.46. The Bertz CT molecular complexity index is 2210. The third-order valence-electron chi connectivity index (χ3n) is 18.2. The van der Waals surface area contributed by atoms with E-state index in [4.69, 9.17) is 9.97 Å². The summed E-state index contributed by atoms with van der Waals surface area (Å²) < 4.78 is 0. The molecule has 8 fully saturated rings. The second-order valence-electron chi connectivity index (χ2n) is 24.9. The van der Waals surface area contributed by atoms with E-state index in [0.29, 0.717) is 61.2 Å². The number of nitrogens with one attached hydrogen (secondary N) is 4. The van der Waals surface area contributed by atoms with E-state index < -0.39 is 23.0 Å². The number of H-pyrrole nitrogens is 2. The number of amides is 2. The van der Waals surface area contributed by atoms with Gasteiger partial charge in [0.1, 0.15) is 11.6 Å². The van der Waals surface area contributed by atoms with Crippen molar-refractivity contribution in [3.8, 4) is 0 Å². The lowest BCUT2D eigenvalue weighted by Gasteiger charge is -2.42. The molecule has 10 nitrogen and oxygen atoms in total. The highest BCUT2D eigenvalue weighted by atomic mass is 16.3. The lowest BCUT2D eigenvalue weighted by atomic mass is 9.63. The van der Waals surface area contributed by atoms with Gasteiger partial charge >= 0.3 is 0 Å². The maximum absolute atomic E-state index is 13.9. The lowest BCUT2D eigenvalue weighted by molar-refractivity contribution is -0.142. The maximum Gasteiger partial charge on any atom is 0.229 e. The van der Waals surface area contributed by atoms with Gasteiger partial charge in [-0.15, -0.1) is 0 Å². The first kappa shape index (κ1) is 47.3. The van der Waals surface area contributed by atoms with Crippen molar-refractivity contribution in [2.75, 3.05) is 0 Å². The van der Waals surface area contributed by atoms with Gasteiger partial charge in [0.2, 0.25) is 11.8 Å². The van der Waals surface area contributed by atoms with Crippen LogP contribution < -0.4 is 10.6 Å². The number of hydrogen-bond acceptors (Lipinski definition) is 6. The topological polar surface area (TPSA) is 156 Å². The first-order chi connectivity index (χ1) is 31.3. The molecule has 360 valence electrons. The minimum absolute atomic E-state index is 0.0764. The summed E-state index contributed by atoms with van der Waals surface area (Å²) in [6.07, 6.45) is 18.2. The van der Waals surface area contributed by atoms with Gasteiger partial charge in [-0.1, -0.05) is 105 Å². The maximum atomic E-state index is 13.9. The van der Waals surface area contributed by atoms with Gasteiger partial charge in [0.15, 0.2) is 0 Å². The Kier molecular flexibility index (Phi) is 13.1. The van der Waals surface area contributed by atoms with E-state index >= 15 is 0 Å². The van der Waals surface area contributed by atoms with Crippen LogP contribution in [0.4, 0.5) is 0 Å². The molecule has 0 saturated heterocycles. The molecule has 4 bridgehead atoms. The zero-order valence-corrected chi connectivity index (χ0v) is 41.6. The molecule has 0 radical (unpaired) electrons. The first-order valence-electron chi connectivity index (χ1n) is 26.3. The summed E-state index contributed by atoms with van der Waals surface area (Å²) in [5.74, 6) is 5.24. The Morgan fingerprint density at radius 2 is 0.970 bits per heavy atom. The van der Waals surface area contributed by atoms with Crippen molar-refractivity contribution in [3.05, 3.63) is 59.2 Å². The molecule has 6 N–H and O–H groups in total. The number of aliphatic hydroxyl groups is 2. The SMILES string of the molecule is CC1(C(=O)N[C@H](c2nc3cc([C@@H]4CC5CCC4CCC4CCC(CC5)[C@H](c5ccc6[nH]c([C@@H](NC(=O)C7(C)CCCCC7O)C(C)(C)C)nc6c5)C4)ccc3[nH]2)C(C)(C)C)CCCCC1O. The molecule has 0 aliphatic heterocycles. The molecule has 12 rings (SSSR count). The first-order valence-corrected chi connectivity index (χ1v) is 26.3. The highest BCUT2D eigenvalue weighted by Crippen LogP contribution is 2.51. The number of carbonyl (C=O) groups is 2. The fourth-order valence-electron chi connectivity index (χ4n) is 13.5. The molecule has 10 heteroatoms. The van der Waals surface area contributed by atoms with E-state index in [9.17, 15) is 19.8 Å². The van der Waals surface area contributed by atoms with Crippen LogP contribution in [0.25, 0.3) is 22.1 Å². The minimum Gasteiger partial charge on any atom is -0.392 e. The molecule has 2 heterocycles. The van der Waals surface area contributed by atoms with Gasteiger partial charge in [-0.05, 0) is 160 Å². The second kappa shape index (κ2) is 18.3. The Labute approximate surface area is 394 Å². The monoisotopic (exact) mass is 903 g/mol. The number of aromatic nitrogens is 4. The van der Waals surface area contributed by atoms with E-state index in [2.05, 4.69) is 98.5 Å². The number of carbonyl (C=O) groups excluding carboxylic acids is 2. The van der Waals surface area contributed by atoms with Crippen molar-refractivity contribution in [2.24, 2.45) is 45.3 Å². The summed E-state index contributed by atoms with van der Waals surface area (Å²) >= 11 is 0. The van der Waals surface area contributed by atoms with E-state index in [1.54, 1.807) is 0 Å². The van der Waals surface area contributed by atoms with Crippen molar-refractivity contribution in [1.82, 2.24) is 30.6 Å². The average molecular weight is 903 g/mol. The standard InChI is InChI=1S/C56H82N6O4/c1-53(2,3)47(61-51(65)55(7)27-11-9-13-45(55)63)49-57-41-25-23-37(31-43(41)59-49)39-29-33-15-19-35(39)21-17-34-16-20-36(22-18-33)40(30-34)38-24-26-42-44(32-38)60-50(58-42)48(54(4,5)6)62-52(66)56(8)28-12-10-14-46(56)64/h23-26,31-36,39-40,45-48,63-64H,9-22,27-30H2,1-8H3,(H,57,59)(H,58,60)(H,61,65)(H,62,66)/t33?,34?,35?,36?,39-,40-,45?,46?,47-,48-,55?,56?/m1/s1. The van der Waals surface area contributed by atoms with Crippen LogP contribution in [0.15, 0.2) is 36.4 Å². The van der Waals surface area contributed by atoms with Gasteiger partial charge in [-0.3, -0.25) is 9.59 Å². The third-order valence-corrected chi connectivity index (χ3v) is 18.2. The second-order valence-corrected chi connectivity index (χ2v) is 24.9. The molecule has 4 unspecified atom stereocenters. The molecule has 8 aliphatic rings. The van der Waals surface area contributed by atoms with Crippen molar-refractivity contribution < 1.29 is 19.8 Å². The zero-order chi connectivity index (χ0) is 46.8. The number of nitrogens with zero attached hydrogens (tertiary/aromatic N) is 2. The molecule has 0 spiro atoms. The molecule has 2 aromatic heterocycles. The molecule has 4 aromatic rings. The summed E-state index contributed by atoms with van der Waals surface area (Å²) in [7, 11) is 0. The Balaban J connectivity index is 0.906. The molecular formula is C56H82N6O4. The van der Waals surface area contributed by atoms with Crippen molar-refractivity contribution in [3.63, 3.8) is 0 Å². The van der Waals surface area contributed by atoms with Crippen LogP contribution in [-0.4, -0.2) is 54.2 Å². The Hall–Kier alpha value is -3.76. The summed E-state index contributed by atoms with van der Waals surface area (Å²) in [4.78, 5) is 45.4. The Morgan fingerprint density at radius 3 is 1.32 bits per heavy atom. The quantitative estimate of drug-likeness (QED) is 0.103. The summed E-state index contributed by atoms with van der Waals surface area (Å²) in [5, 5.41) is 28.5. The number of aromatic amines is 2. The molecule has 8 aliphatic carbocycles. The van der Waals surface area contributed by atoms with Crippen LogP contribution in [0.5, 0.6) is 0 Å². The largest absolute Gasteiger partial charge is 0.392 e. The van der Waals surface area contributed by atoms with Gasteiger partial charge in [0.05, 0.1) is 57.2 Å². The van der Waals surface area contributed by atoms with Crippen molar-refractivity contribution in [2.45, 2.75) is 207 Å². The van der Waals surface area contributed by atoms with Gasteiger partial charge in [0, 0.05) is 0 Å². The van der Waals surface area contributed by atoms with Crippen LogP contribution in [0, 0.1) is 45.3 Å². The van der Waals surface area contributed by atoms with E-state index in [-0.39, 0.29) is 34.7 Å². The number of aliphatic hydroxyl groups excluding tert-OH is 2. The smallest absolute Gasteiger partial charge is 0.229 e. The molecule has 8 saturated carbocycles. The van der Waals surface area contributed by atoms with E-state index in [1.165, 1.54) is 75.3 Å². The van der Waals surface area contributed by atoms with Gasteiger partial charge in [-0.2, -0.15) is 0 Å². The van der Waals surface area contributed by atoms with Gasteiger partial charge in [0.25, 0.3) is 0 Å². The molecular weight excluding hydrogens is 821 g/mol. The van der Waals surface area contributed by atoms with Crippen molar-refractivity contribution >= 4 is 33.9 Å². The number of hydrogen-bond donors (Lipinski definition) is 6. The molecule has 2 amide bonds. The van der Waals surface area contributed by atoms with Crippen molar-refractivity contribution in [1.29, 1.82) is 0 Å². The summed E-state index contributed by atoms with van der Waals surface area (Å²) in [6, 6.07) is 13.3. The van der Waals surface area contributed by atoms with Gasteiger partial charge in [-0.25, -0.2) is 9.97 Å². The highest BCUT2D eigenvalue weighted by molar-refractivity contribution is 5.84.